The van der Waals surface area contributed by atoms with Crippen molar-refractivity contribution in [3.05, 3.63) is 246 Å². The average molecular weight is 915 g/mol. The van der Waals surface area contributed by atoms with E-state index in [4.69, 9.17) is 18.8 Å². The summed E-state index contributed by atoms with van der Waals surface area (Å²) < 4.78 is 13.9. The normalized spacial score (nSPS) is 13.8. The van der Waals surface area contributed by atoms with E-state index in [2.05, 4.69) is 208 Å². The Hall–Kier alpha value is -8.60. The molecule has 1 atom stereocenters. The molecule has 0 saturated heterocycles. The van der Waals surface area contributed by atoms with Crippen molar-refractivity contribution < 1.29 is 8.83 Å². The highest BCUT2D eigenvalue weighted by Gasteiger charge is 2.31. The lowest BCUT2D eigenvalue weighted by molar-refractivity contribution is 0.654. The van der Waals surface area contributed by atoms with Gasteiger partial charge in [-0.25, -0.2) is 9.98 Å². The Morgan fingerprint density at radius 2 is 1.06 bits per heavy atom. The molecule has 12 aromatic rings. The van der Waals surface area contributed by atoms with Gasteiger partial charge in [-0.2, -0.15) is 0 Å². The van der Waals surface area contributed by atoms with E-state index in [0.29, 0.717) is 11.5 Å². The maximum atomic E-state index is 7.12. The van der Waals surface area contributed by atoms with Crippen LogP contribution in [0.1, 0.15) is 59.6 Å². The van der Waals surface area contributed by atoms with Crippen molar-refractivity contribution >= 4 is 82.7 Å². The Balaban J connectivity index is 1.07. The zero-order chi connectivity index (χ0) is 47.6. The van der Waals surface area contributed by atoms with Gasteiger partial charge in [0.05, 0.1) is 17.0 Å². The second kappa shape index (κ2) is 17.4. The molecule has 2 heterocycles. The highest BCUT2D eigenvalue weighted by atomic mass is 16.3. The van der Waals surface area contributed by atoms with E-state index < -0.39 is 0 Å². The van der Waals surface area contributed by atoms with Crippen molar-refractivity contribution in [1.29, 1.82) is 0 Å². The van der Waals surface area contributed by atoms with Gasteiger partial charge in [-0.1, -0.05) is 190 Å². The molecule has 10 aromatic carbocycles. The van der Waals surface area contributed by atoms with E-state index in [0.717, 1.165) is 96.7 Å². The van der Waals surface area contributed by atoms with Crippen LogP contribution in [0.5, 0.6) is 0 Å². The molecular formula is C67H50N2O2. The summed E-state index contributed by atoms with van der Waals surface area (Å²) in [7, 11) is 0. The van der Waals surface area contributed by atoms with Crippen LogP contribution in [0.15, 0.2) is 232 Å². The maximum Gasteiger partial charge on any atom is 0.163 e. The van der Waals surface area contributed by atoms with E-state index >= 15 is 0 Å². The van der Waals surface area contributed by atoms with Gasteiger partial charge in [-0.15, -0.1) is 0 Å². The number of nitrogens with zero attached hydrogens (tertiary/aromatic N) is 2. The average Bonchev–Trinajstić information content (AvgIpc) is 3.96. The summed E-state index contributed by atoms with van der Waals surface area (Å²) in [5.74, 6) is 0.614. The first-order valence-electron chi connectivity index (χ1n) is 24.9. The zero-order valence-corrected chi connectivity index (χ0v) is 39.8. The highest BCUT2D eigenvalue weighted by molar-refractivity contribution is 6.23. The summed E-state index contributed by atoms with van der Waals surface area (Å²) in [6.07, 6.45) is 2.52. The van der Waals surface area contributed by atoms with Gasteiger partial charge in [0.25, 0.3) is 0 Å². The molecule has 71 heavy (non-hydrogen) atoms. The first-order valence-corrected chi connectivity index (χ1v) is 24.9. The minimum absolute atomic E-state index is 0.000509. The topological polar surface area (TPSA) is 51.0 Å². The number of aliphatic imine (C=N–C) groups is 2. The molecule has 1 aliphatic carbocycles. The Morgan fingerprint density at radius 3 is 1.70 bits per heavy atom. The fourth-order valence-electron chi connectivity index (χ4n) is 11.1. The molecule has 0 aliphatic heterocycles. The number of rotatable bonds is 8. The van der Waals surface area contributed by atoms with Crippen molar-refractivity contribution in [3.63, 3.8) is 0 Å². The van der Waals surface area contributed by atoms with E-state index in [1.54, 1.807) is 0 Å². The van der Waals surface area contributed by atoms with Gasteiger partial charge in [0.1, 0.15) is 22.3 Å². The second-order valence-electron chi connectivity index (χ2n) is 19.2. The van der Waals surface area contributed by atoms with Crippen molar-refractivity contribution in [2.24, 2.45) is 15.9 Å². The number of amidine groups is 1. The standard InChI is InChI=1S/C67H50N2O2/c1-4-41(2)64(69-67(58-29-17-28-56-54-26-12-14-30-61(54)70-65(56)58)68-42(3)44-24-16-25-45(34-44)43-18-6-5-7-19-43)63-53(32-33-57-55-27-13-15-31-62(55)71-66(57)63)50-37-51-35-46-20-8-10-22-48(46)39-59(51)60-40-49-23-11-9-21-47(49)36-52(60)38-50/h5-36,39-41,50H,3-4,37-38H2,1-2H3/b68-67-,69-64+. The summed E-state index contributed by atoms with van der Waals surface area (Å²) in [5.41, 5.74) is 16.3. The van der Waals surface area contributed by atoms with E-state index in [-0.39, 0.29) is 11.8 Å². The minimum atomic E-state index is 0.000509. The summed E-state index contributed by atoms with van der Waals surface area (Å²) in [4.78, 5) is 11.4. The highest BCUT2D eigenvalue weighted by Crippen LogP contribution is 2.45. The molecule has 0 N–H and O–H groups in total. The molecule has 0 fully saturated rings. The molecule has 4 heteroatoms. The van der Waals surface area contributed by atoms with E-state index in [9.17, 15) is 0 Å². The molecule has 0 bridgehead atoms. The second-order valence-corrected chi connectivity index (χ2v) is 19.2. The van der Waals surface area contributed by atoms with Crippen LogP contribution < -0.4 is 0 Å². The van der Waals surface area contributed by atoms with Gasteiger partial charge < -0.3 is 8.83 Å². The molecule has 0 spiro atoms. The zero-order valence-electron chi connectivity index (χ0n) is 39.8. The monoisotopic (exact) mass is 914 g/mol. The third-order valence-electron chi connectivity index (χ3n) is 14.9. The minimum Gasteiger partial charge on any atom is -0.455 e. The number of hydrogen-bond donors (Lipinski definition) is 0. The Morgan fingerprint density at radius 1 is 0.521 bits per heavy atom. The molecule has 0 radical (unpaired) electrons. The Kier molecular flexibility index (Phi) is 10.4. The van der Waals surface area contributed by atoms with Crippen LogP contribution in [0.25, 0.3) is 93.4 Å². The number of benzene rings is 10. The van der Waals surface area contributed by atoms with Gasteiger partial charge in [0.15, 0.2) is 5.84 Å². The molecule has 0 saturated carbocycles. The Labute approximate surface area is 413 Å². The summed E-state index contributed by atoms with van der Waals surface area (Å²) in [6, 6.07) is 73.7. The van der Waals surface area contributed by atoms with Crippen LogP contribution in [0.4, 0.5) is 0 Å². The predicted molar refractivity (Wildman–Crippen MR) is 298 cm³/mol. The molecule has 340 valence electrons. The van der Waals surface area contributed by atoms with Gasteiger partial charge in [0.2, 0.25) is 0 Å². The number of para-hydroxylation sites is 3. The molecular weight excluding hydrogens is 865 g/mol. The molecule has 0 amide bonds. The lowest BCUT2D eigenvalue weighted by Gasteiger charge is -2.24. The number of hydrogen-bond acceptors (Lipinski definition) is 3. The van der Waals surface area contributed by atoms with Crippen molar-refractivity contribution in [2.45, 2.75) is 39.0 Å². The SMILES string of the molecule is C=C(/N=C(\N=C(\c1c(C2Cc3cc4ccccc4cc3-c3cc4ccccc4cc3C2)ccc2c1oc1ccccc12)C(C)CC)c1cccc2c1oc1ccccc12)c1cccc(-c2ccccc2)c1. The first kappa shape index (κ1) is 42.5. The van der Waals surface area contributed by atoms with Crippen LogP contribution >= 0.6 is 0 Å². The van der Waals surface area contributed by atoms with Crippen LogP contribution in [-0.4, -0.2) is 11.5 Å². The smallest absolute Gasteiger partial charge is 0.163 e. The molecule has 1 unspecified atom stereocenters. The fourth-order valence-corrected chi connectivity index (χ4v) is 11.1. The molecule has 2 aromatic heterocycles. The maximum absolute atomic E-state index is 7.12. The van der Waals surface area contributed by atoms with Crippen LogP contribution in [0.3, 0.4) is 0 Å². The predicted octanol–water partition coefficient (Wildman–Crippen LogP) is 18.0. The number of furan rings is 2. The first-order chi connectivity index (χ1) is 35.0. The largest absolute Gasteiger partial charge is 0.455 e. The quantitative estimate of drug-likeness (QED) is 0.113. The van der Waals surface area contributed by atoms with Crippen LogP contribution in [-0.2, 0) is 12.8 Å². The van der Waals surface area contributed by atoms with Crippen molar-refractivity contribution in [2.75, 3.05) is 0 Å². The lowest BCUT2D eigenvalue weighted by atomic mass is 9.81. The van der Waals surface area contributed by atoms with Crippen molar-refractivity contribution in [3.8, 4) is 22.3 Å². The van der Waals surface area contributed by atoms with Crippen LogP contribution in [0.2, 0.25) is 0 Å². The third kappa shape index (κ3) is 7.46. The van der Waals surface area contributed by atoms with Crippen molar-refractivity contribution in [1.82, 2.24) is 0 Å². The van der Waals surface area contributed by atoms with Gasteiger partial charge in [-0.3, -0.25) is 0 Å². The third-order valence-corrected chi connectivity index (χ3v) is 14.9. The molecule has 1 aliphatic rings. The van der Waals surface area contributed by atoms with Gasteiger partial charge >= 0.3 is 0 Å². The summed E-state index contributed by atoms with van der Waals surface area (Å²) in [6.45, 7) is 9.19. The summed E-state index contributed by atoms with van der Waals surface area (Å²) >= 11 is 0. The summed E-state index contributed by atoms with van der Waals surface area (Å²) in [5, 5.41) is 9.21. The van der Waals surface area contributed by atoms with E-state index in [1.165, 1.54) is 49.4 Å². The van der Waals surface area contributed by atoms with Gasteiger partial charge in [0, 0.05) is 32.7 Å². The lowest BCUT2D eigenvalue weighted by Crippen LogP contribution is -2.20. The van der Waals surface area contributed by atoms with E-state index in [1.807, 2.05) is 18.2 Å². The Bertz CT molecular complexity index is 4060. The molecule has 13 rings (SSSR count). The van der Waals surface area contributed by atoms with Crippen LogP contribution in [0, 0.1) is 5.92 Å². The fraction of sp³-hybridized carbons (Fsp3) is 0.104. The number of fused-ring (bicyclic) bond motifs is 11. The molecule has 4 nitrogen and oxygen atoms in total. The van der Waals surface area contributed by atoms with Gasteiger partial charge in [-0.05, 0) is 128 Å².